The monoisotopic (exact) mass is 325 g/mol. The van der Waals surface area contributed by atoms with Crippen LogP contribution in [-0.2, 0) is 0 Å². The van der Waals surface area contributed by atoms with Crippen LogP contribution in [0.25, 0.3) is 5.57 Å². The summed E-state index contributed by atoms with van der Waals surface area (Å²) in [6, 6.07) is 6.70. The fourth-order valence-electron chi connectivity index (χ4n) is 4.51. The molecule has 0 heterocycles. The van der Waals surface area contributed by atoms with E-state index in [1.165, 1.54) is 60.8 Å². The molecule has 2 rings (SSSR count). The molecule has 1 aliphatic rings. The summed E-state index contributed by atoms with van der Waals surface area (Å²) < 4.78 is 0. The van der Waals surface area contributed by atoms with Gasteiger partial charge in [0, 0.05) is 12.4 Å². The summed E-state index contributed by atoms with van der Waals surface area (Å²) in [6.07, 6.45) is 12.4. The molecule has 2 atom stereocenters. The number of rotatable bonds is 6. The zero-order valence-electron chi connectivity index (χ0n) is 16.3. The summed E-state index contributed by atoms with van der Waals surface area (Å²) in [5.41, 5.74) is 5.59. The second-order valence-corrected chi connectivity index (χ2v) is 7.77. The highest BCUT2D eigenvalue weighted by atomic mass is 14.7. The summed E-state index contributed by atoms with van der Waals surface area (Å²) >= 11 is 0. The molecule has 0 radical (unpaired) electrons. The van der Waals surface area contributed by atoms with E-state index in [0.717, 1.165) is 11.8 Å². The highest BCUT2D eigenvalue weighted by Crippen LogP contribution is 2.38. The molecule has 0 N–H and O–H groups in total. The number of aryl methyl sites for hydroxylation is 1. The summed E-state index contributed by atoms with van der Waals surface area (Å²) in [7, 11) is 0. The maximum Gasteiger partial charge on any atom is 0.0299 e. The Morgan fingerprint density at radius 3 is 2.58 bits per heavy atom. The number of benzene rings is 1. The quantitative estimate of drug-likeness (QED) is 0.492. The minimum atomic E-state index is 0.604. The lowest BCUT2D eigenvalue weighted by Crippen LogP contribution is -2.17. The lowest BCUT2D eigenvalue weighted by molar-refractivity contribution is 0.243. The van der Waals surface area contributed by atoms with Gasteiger partial charge in [0.2, 0.25) is 0 Å². The molecule has 0 aliphatic heterocycles. The van der Waals surface area contributed by atoms with Gasteiger partial charge in [0.05, 0.1) is 0 Å². The van der Waals surface area contributed by atoms with Gasteiger partial charge in [-0.05, 0) is 67.2 Å². The fourth-order valence-corrected chi connectivity index (χ4v) is 4.51. The minimum Gasteiger partial charge on any atom is -0.269 e. The average Bonchev–Trinajstić information content (AvgIpc) is 2.59. The van der Waals surface area contributed by atoms with Gasteiger partial charge in [-0.1, -0.05) is 64.2 Å². The van der Waals surface area contributed by atoms with Gasteiger partial charge >= 0.3 is 0 Å². The first-order chi connectivity index (χ1) is 11.5. The van der Waals surface area contributed by atoms with Gasteiger partial charge in [0.15, 0.2) is 0 Å². The highest BCUT2D eigenvalue weighted by Gasteiger charge is 2.23. The van der Waals surface area contributed by atoms with Crippen molar-refractivity contribution in [2.75, 3.05) is 0 Å². The molecule has 132 valence electrons. The predicted octanol–water partition coefficient (Wildman–Crippen LogP) is 7.16. The van der Waals surface area contributed by atoms with Crippen LogP contribution in [0.2, 0.25) is 0 Å². The van der Waals surface area contributed by atoms with Gasteiger partial charge < -0.3 is 0 Å². The van der Waals surface area contributed by atoms with E-state index >= 15 is 0 Å². The third-order valence-corrected chi connectivity index (χ3v) is 5.84. The largest absolute Gasteiger partial charge is 0.269 e. The Kier molecular flexibility index (Phi) is 7.27. The van der Waals surface area contributed by atoms with E-state index in [0.29, 0.717) is 5.92 Å². The summed E-state index contributed by atoms with van der Waals surface area (Å²) in [5.74, 6) is 2.37. The Bertz CT molecular complexity index is 576. The van der Waals surface area contributed by atoms with E-state index in [4.69, 9.17) is 0 Å². The molecular weight excluding hydrogens is 290 g/mol. The van der Waals surface area contributed by atoms with E-state index in [-0.39, 0.29) is 0 Å². The van der Waals surface area contributed by atoms with Crippen molar-refractivity contribution >= 4 is 11.8 Å². The van der Waals surface area contributed by atoms with Gasteiger partial charge in [-0.2, -0.15) is 0 Å². The van der Waals surface area contributed by atoms with E-state index < -0.39 is 0 Å². The molecule has 1 aromatic carbocycles. The SMILES string of the molecule is C/C=N\C=C(/C)c1cccc(C)c1C(C)CC(C)C1CCCCC1. The maximum absolute atomic E-state index is 4.33. The molecule has 0 saturated heterocycles. The number of hydrogen-bond donors (Lipinski definition) is 0. The van der Waals surface area contributed by atoms with Crippen molar-refractivity contribution in [3.63, 3.8) is 0 Å². The van der Waals surface area contributed by atoms with Crippen LogP contribution in [0.4, 0.5) is 0 Å². The van der Waals surface area contributed by atoms with Crippen molar-refractivity contribution in [1.29, 1.82) is 0 Å². The Morgan fingerprint density at radius 2 is 1.92 bits per heavy atom. The third-order valence-electron chi connectivity index (χ3n) is 5.84. The zero-order chi connectivity index (χ0) is 17.5. The summed E-state index contributed by atoms with van der Waals surface area (Å²) in [5, 5.41) is 0. The van der Waals surface area contributed by atoms with Crippen LogP contribution >= 0.6 is 0 Å². The topological polar surface area (TPSA) is 12.4 Å². The second kappa shape index (κ2) is 9.20. The standard InChI is InChI=1S/C23H35N/c1-6-24-16-20(5)22-14-10-11-17(2)23(22)19(4)15-18(3)21-12-8-7-9-13-21/h6,10-11,14,16,18-19,21H,7-9,12-13,15H2,1-5H3/b20-16+,24-6-. The van der Waals surface area contributed by atoms with Gasteiger partial charge in [-0.3, -0.25) is 4.99 Å². The Balaban J connectivity index is 2.20. The van der Waals surface area contributed by atoms with Crippen LogP contribution in [0.3, 0.4) is 0 Å². The molecule has 1 nitrogen and oxygen atoms in total. The molecule has 1 saturated carbocycles. The van der Waals surface area contributed by atoms with Crippen LogP contribution in [0.15, 0.2) is 29.4 Å². The Labute approximate surface area is 149 Å². The number of hydrogen-bond acceptors (Lipinski definition) is 1. The van der Waals surface area contributed by atoms with Gasteiger partial charge in [-0.25, -0.2) is 0 Å². The van der Waals surface area contributed by atoms with Crippen molar-refractivity contribution in [2.24, 2.45) is 16.8 Å². The van der Waals surface area contributed by atoms with E-state index in [1.807, 2.05) is 19.3 Å². The normalized spacial score (nSPS) is 19.6. The highest BCUT2D eigenvalue weighted by molar-refractivity contribution is 5.69. The van der Waals surface area contributed by atoms with E-state index in [1.54, 1.807) is 0 Å². The zero-order valence-corrected chi connectivity index (χ0v) is 16.3. The lowest BCUT2D eigenvalue weighted by atomic mass is 9.75. The molecule has 0 spiro atoms. The summed E-state index contributed by atoms with van der Waals surface area (Å²) in [6.45, 7) is 11.3. The Hall–Kier alpha value is -1.37. The first-order valence-corrected chi connectivity index (χ1v) is 9.79. The molecule has 0 aromatic heterocycles. The second-order valence-electron chi connectivity index (χ2n) is 7.77. The molecule has 2 unspecified atom stereocenters. The average molecular weight is 326 g/mol. The van der Waals surface area contributed by atoms with Crippen molar-refractivity contribution in [3.05, 3.63) is 41.1 Å². The van der Waals surface area contributed by atoms with Crippen LogP contribution in [0, 0.1) is 18.8 Å². The molecule has 0 bridgehead atoms. The minimum absolute atomic E-state index is 0.604. The predicted molar refractivity (Wildman–Crippen MR) is 108 cm³/mol. The van der Waals surface area contributed by atoms with Crippen molar-refractivity contribution in [2.45, 2.75) is 79.1 Å². The van der Waals surface area contributed by atoms with Crippen molar-refractivity contribution < 1.29 is 0 Å². The van der Waals surface area contributed by atoms with Gasteiger partial charge in [0.1, 0.15) is 0 Å². The number of aliphatic imine (C=N–C) groups is 1. The first kappa shape index (κ1) is 19.0. The molecule has 1 heteroatoms. The lowest BCUT2D eigenvalue weighted by Gasteiger charge is -2.30. The van der Waals surface area contributed by atoms with Crippen LogP contribution in [0.1, 0.15) is 88.8 Å². The van der Waals surface area contributed by atoms with Crippen LogP contribution in [-0.4, -0.2) is 6.21 Å². The first-order valence-electron chi connectivity index (χ1n) is 9.79. The van der Waals surface area contributed by atoms with E-state index in [2.05, 4.69) is 50.9 Å². The van der Waals surface area contributed by atoms with Crippen molar-refractivity contribution in [1.82, 2.24) is 0 Å². The maximum atomic E-state index is 4.33. The third kappa shape index (κ3) is 4.82. The fraction of sp³-hybridized carbons (Fsp3) is 0.609. The van der Waals surface area contributed by atoms with Gasteiger partial charge in [0.25, 0.3) is 0 Å². The van der Waals surface area contributed by atoms with Crippen molar-refractivity contribution in [3.8, 4) is 0 Å². The van der Waals surface area contributed by atoms with Gasteiger partial charge in [-0.15, -0.1) is 0 Å². The molecule has 0 amide bonds. The smallest absolute Gasteiger partial charge is 0.0299 e. The van der Waals surface area contributed by atoms with Crippen LogP contribution in [0.5, 0.6) is 0 Å². The molecule has 1 aliphatic carbocycles. The molecular formula is C23H35N. The molecule has 1 aromatic rings. The molecule has 24 heavy (non-hydrogen) atoms. The summed E-state index contributed by atoms with van der Waals surface area (Å²) in [4.78, 5) is 4.33. The van der Waals surface area contributed by atoms with E-state index in [9.17, 15) is 0 Å². The number of nitrogens with zero attached hydrogens (tertiary/aromatic N) is 1. The molecule has 1 fully saturated rings. The van der Waals surface area contributed by atoms with Crippen LogP contribution < -0.4 is 0 Å². The Morgan fingerprint density at radius 1 is 1.21 bits per heavy atom. The number of allylic oxidation sites excluding steroid dienone is 1.